The number of ether oxygens (including phenoxy) is 1. The Balaban J connectivity index is 1.60. The third-order valence-electron chi connectivity index (χ3n) is 4.99. The van der Waals surface area contributed by atoms with Crippen LogP contribution >= 0.6 is 23.2 Å². The summed E-state index contributed by atoms with van der Waals surface area (Å²) in [6, 6.07) is 10.9. The summed E-state index contributed by atoms with van der Waals surface area (Å²) < 4.78 is 5.17. The van der Waals surface area contributed by atoms with Crippen molar-refractivity contribution < 1.29 is 19.1 Å². The van der Waals surface area contributed by atoms with Gasteiger partial charge in [-0.15, -0.1) is 0 Å². The van der Waals surface area contributed by atoms with E-state index in [9.17, 15) is 14.4 Å². The Morgan fingerprint density at radius 3 is 2.63 bits per heavy atom. The van der Waals surface area contributed by atoms with Gasteiger partial charge in [-0.1, -0.05) is 47.5 Å². The summed E-state index contributed by atoms with van der Waals surface area (Å²) in [5.74, 6) is -0.977. The molecule has 2 aliphatic rings. The lowest BCUT2D eigenvalue weighted by molar-refractivity contribution is -0.136. The maximum Gasteiger partial charge on any atom is 0.338 e. The number of benzene rings is 2. The van der Waals surface area contributed by atoms with Crippen LogP contribution in [-0.4, -0.2) is 36.0 Å². The molecule has 154 valence electrons. The molecule has 7 nitrogen and oxygen atoms in total. The van der Waals surface area contributed by atoms with Crippen molar-refractivity contribution in [1.82, 2.24) is 10.2 Å². The molecule has 0 fully saturated rings. The normalized spacial score (nSPS) is 18.1. The Bertz CT molecular complexity index is 1060. The van der Waals surface area contributed by atoms with Gasteiger partial charge in [-0.25, -0.2) is 9.59 Å². The Morgan fingerprint density at radius 1 is 1.20 bits per heavy atom. The zero-order valence-electron chi connectivity index (χ0n) is 15.9. The van der Waals surface area contributed by atoms with E-state index in [-0.39, 0.29) is 13.2 Å². The highest BCUT2D eigenvalue weighted by atomic mass is 35.5. The fourth-order valence-corrected chi connectivity index (χ4v) is 3.89. The monoisotopic (exact) mass is 445 g/mol. The van der Waals surface area contributed by atoms with Crippen LogP contribution in [0.1, 0.15) is 17.2 Å². The van der Waals surface area contributed by atoms with Gasteiger partial charge in [0.25, 0.3) is 0 Å². The lowest BCUT2D eigenvalue weighted by Gasteiger charge is -2.32. The number of cyclic esters (lactones) is 1. The van der Waals surface area contributed by atoms with Crippen molar-refractivity contribution >= 4 is 46.8 Å². The molecule has 1 unspecified atom stereocenters. The number of aryl methyl sites for hydroxylation is 1. The van der Waals surface area contributed by atoms with E-state index in [1.807, 2.05) is 13.0 Å². The SMILES string of the molecule is Cc1cccc(Cl)c1NC(=O)CN1C(=O)NC(c2ccc(Cl)cc2)C2=C1COC2=O. The summed E-state index contributed by atoms with van der Waals surface area (Å²) in [6.45, 7) is 1.44. The zero-order chi connectivity index (χ0) is 21.4. The Kier molecular flexibility index (Phi) is 5.40. The predicted octanol–water partition coefficient (Wildman–Crippen LogP) is 3.82. The van der Waals surface area contributed by atoms with Crippen LogP contribution in [0.25, 0.3) is 0 Å². The van der Waals surface area contributed by atoms with Crippen molar-refractivity contribution in [2.24, 2.45) is 0 Å². The molecule has 0 bridgehead atoms. The number of nitrogens with one attached hydrogen (secondary N) is 2. The van der Waals surface area contributed by atoms with Gasteiger partial charge in [0.2, 0.25) is 5.91 Å². The summed E-state index contributed by atoms with van der Waals surface area (Å²) in [7, 11) is 0. The van der Waals surface area contributed by atoms with E-state index in [0.29, 0.717) is 32.6 Å². The van der Waals surface area contributed by atoms with Crippen LogP contribution < -0.4 is 10.6 Å². The second-order valence-corrected chi connectivity index (χ2v) is 7.78. The fraction of sp³-hybridized carbons (Fsp3) is 0.190. The number of anilines is 1. The highest BCUT2D eigenvalue weighted by Crippen LogP contribution is 2.35. The molecular formula is C21H17Cl2N3O4. The summed E-state index contributed by atoms with van der Waals surface area (Å²) in [5, 5.41) is 6.44. The number of hydrogen-bond acceptors (Lipinski definition) is 4. The summed E-state index contributed by atoms with van der Waals surface area (Å²) in [5.41, 5.74) is 2.64. The van der Waals surface area contributed by atoms with Gasteiger partial charge in [0.05, 0.1) is 28.0 Å². The molecule has 2 aromatic carbocycles. The van der Waals surface area contributed by atoms with Crippen LogP contribution in [0.3, 0.4) is 0 Å². The van der Waals surface area contributed by atoms with Crippen molar-refractivity contribution in [3.05, 3.63) is 74.9 Å². The quantitative estimate of drug-likeness (QED) is 0.700. The highest BCUT2D eigenvalue weighted by molar-refractivity contribution is 6.34. The molecule has 0 aromatic heterocycles. The van der Waals surface area contributed by atoms with E-state index >= 15 is 0 Å². The lowest BCUT2D eigenvalue weighted by Crippen LogP contribution is -2.49. The number of amides is 3. The van der Waals surface area contributed by atoms with Crippen LogP contribution in [0.15, 0.2) is 53.7 Å². The standard InChI is InChI=1S/C21H17Cl2N3O4/c1-11-3-2-4-14(23)18(11)24-16(27)9-26-15-10-30-20(28)17(15)19(25-21(26)29)12-5-7-13(22)8-6-12/h2-8,19H,9-10H2,1H3,(H,24,27)(H,25,29). The van der Waals surface area contributed by atoms with Crippen molar-refractivity contribution in [1.29, 1.82) is 0 Å². The number of esters is 1. The number of hydrogen-bond donors (Lipinski definition) is 2. The molecule has 0 aliphatic carbocycles. The van der Waals surface area contributed by atoms with Gasteiger partial charge < -0.3 is 15.4 Å². The van der Waals surface area contributed by atoms with Gasteiger partial charge in [0, 0.05) is 5.02 Å². The molecule has 0 spiro atoms. The first-order valence-corrected chi connectivity index (χ1v) is 9.89. The summed E-state index contributed by atoms with van der Waals surface area (Å²) in [4.78, 5) is 39.0. The Hall–Kier alpha value is -3.03. The van der Waals surface area contributed by atoms with Crippen LogP contribution in [0, 0.1) is 6.92 Å². The number of rotatable bonds is 4. The molecule has 4 rings (SSSR count). The van der Waals surface area contributed by atoms with Gasteiger partial charge >= 0.3 is 12.0 Å². The number of urea groups is 1. The van der Waals surface area contributed by atoms with Gasteiger partial charge in [-0.3, -0.25) is 9.69 Å². The minimum Gasteiger partial charge on any atom is -0.456 e. The van der Waals surface area contributed by atoms with Crippen molar-refractivity contribution in [3.8, 4) is 0 Å². The van der Waals surface area contributed by atoms with Crippen molar-refractivity contribution in [3.63, 3.8) is 0 Å². The largest absolute Gasteiger partial charge is 0.456 e. The molecule has 30 heavy (non-hydrogen) atoms. The second-order valence-electron chi connectivity index (χ2n) is 6.94. The molecular weight excluding hydrogens is 429 g/mol. The zero-order valence-corrected chi connectivity index (χ0v) is 17.4. The van der Waals surface area contributed by atoms with Crippen LogP contribution in [0.4, 0.5) is 10.5 Å². The van der Waals surface area contributed by atoms with Gasteiger partial charge in [-0.05, 0) is 36.2 Å². The third kappa shape index (κ3) is 3.74. The molecule has 0 saturated carbocycles. The minimum atomic E-state index is -0.676. The van der Waals surface area contributed by atoms with E-state index < -0.39 is 23.9 Å². The Labute approximate surface area is 182 Å². The molecule has 2 aromatic rings. The van der Waals surface area contributed by atoms with Gasteiger partial charge in [0.15, 0.2) is 0 Å². The predicted molar refractivity (Wildman–Crippen MR) is 112 cm³/mol. The molecule has 2 aliphatic heterocycles. The molecule has 2 N–H and O–H groups in total. The maximum absolute atomic E-state index is 12.8. The number of nitrogens with zero attached hydrogens (tertiary/aromatic N) is 1. The molecule has 0 saturated heterocycles. The first-order chi connectivity index (χ1) is 14.3. The maximum atomic E-state index is 12.8. The van der Waals surface area contributed by atoms with Gasteiger partial charge in [-0.2, -0.15) is 0 Å². The van der Waals surface area contributed by atoms with E-state index in [1.54, 1.807) is 36.4 Å². The van der Waals surface area contributed by atoms with Crippen LogP contribution in [-0.2, 0) is 14.3 Å². The van der Waals surface area contributed by atoms with Crippen molar-refractivity contribution in [2.75, 3.05) is 18.5 Å². The molecule has 3 amide bonds. The molecule has 2 heterocycles. The molecule has 0 radical (unpaired) electrons. The second kappa shape index (κ2) is 8.01. The van der Waals surface area contributed by atoms with Crippen molar-refractivity contribution in [2.45, 2.75) is 13.0 Å². The topological polar surface area (TPSA) is 87.7 Å². The highest BCUT2D eigenvalue weighted by Gasteiger charge is 2.42. The lowest BCUT2D eigenvalue weighted by atomic mass is 9.96. The summed E-state index contributed by atoms with van der Waals surface area (Å²) in [6.07, 6.45) is 0. The fourth-order valence-electron chi connectivity index (χ4n) is 3.50. The van der Waals surface area contributed by atoms with E-state index in [4.69, 9.17) is 27.9 Å². The van der Waals surface area contributed by atoms with E-state index in [0.717, 1.165) is 5.56 Å². The summed E-state index contributed by atoms with van der Waals surface area (Å²) >= 11 is 12.1. The average Bonchev–Trinajstić information content (AvgIpc) is 3.09. The molecule has 1 atom stereocenters. The average molecular weight is 446 g/mol. The van der Waals surface area contributed by atoms with Gasteiger partial charge in [0.1, 0.15) is 13.2 Å². The minimum absolute atomic E-state index is 0.0793. The van der Waals surface area contributed by atoms with E-state index in [2.05, 4.69) is 10.6 Å². The number of carbonyl (C=O) groups excluding carboxylic acids is 3. The van der Waals surface area contributed by atoms with Crippen LogP contribution in [0.2, 0.25) is 10.0 Å². The molecule has 9 heteroatoms. The Morgan fingerprint density at radius 2 is 1.93 bits per heavy atom. The van der Waals surface area contributed by atoms with E-state index in [1.165, 1.54) is 4.90 Å². The third-order valence-corrected chi connectivity index (χ3v) is 5.56. The number of halogens is 2. The first-order valence-electron chi connectivity index (χ1n) is 9.14. The first kappa shape index (κ1) is 20.3. The number of carbonyl (C=O) groups is 3. The van der Waals surface area contributed by atoms with Crippen LogP contribution in [0.5, 0.6) is 0 Å². The number of para-hydroxylation sites is 1. The smallest absolute Gasteiger partial charge is 0.338 e.